The highest BCUT2D eigenvalue weighted by Crippen LogP contribution is 2.33. The number of aromatic nitrogens is 1. The van der Waals surface area contributed by atoms with Crippen LogP contribution in [0.3, 0.4) is 0 Å². The molecule has 0 fully saturated rings. The molecule has 1 aliphatic heterocycles. The van der Waals surface area contributed by atoms with E-state index in [1.807, 2.05) is 7.05 Å². The Labute approximate surface area is 127 Å². The molecule has 3 heteroatoms. The van der Waals surface area contributed by atoms with E-state index in [9.17, 15) is 0 Å². The van der Waals surface area contributed by atoms with E-state index in [0.29, 0.717) is 0 Å². The Morgan fingerprint density at radius 1 is 1.19 bits per heavy atom. The highest BCUT2D eigenvalue weighted by Gasteiger charge is 2.20. The van der Waals surface area contributed by atoms with Gasteiger partial charge in [-0.3, -0.25) is 4.90 Å². The lowest BCUT2D eigenvalue weighted by atomic mass is 10.0. The summed E-state index contributed by atoms with van der Waals surface area (Å²) in [5, 5.41) is 4.75. The van der Waals surface area contributed by atoms with Crippen molar-refractivity contribution in [3.05, 3.63) is 34.5 Å². The van der Waals surface area contributed by atoms with Gasteiger partial charge in [-0.15, -0.1) is 0 Å². The molecule has 0 unspecified atom stereocenters. The fraction of sp³-hybridized carbons (Fsp3) is 0.556. The Balaban J connectivity index is 2.09. The molecule has 0 aliphatic carbocycles. The van der Waals surface area contributed by atoms with Crippen LogP contribution in [0.2, 0.25) is 0 Å². The first-order valence-corrected chi connectivity index (χ1v) is 8.12. The number of nitrogens with one attached hydrogen (secondary N) is 1. The maximum Gasteiger partial charge on any atom is 0.0488 e. The van der Waals surface area contributed by atoms with E-state index in [0.717, 1.165) is 26.2 Å². The molecule has 0 bridgehead atoms. The molecule has 0 radical (unpaired) electrons. The second-order valence-electron chi connectivity index (χ2n) is 6.33. The van der Waals surface area contributed by atoms with E-state index in [1.54, 1.807) is 5.56 Å². The van der Waals surface area contributed by atoms with Crippen LogP contribution in [-0.4, -0.2) is 30.1 Å². The van der Waals surface area contributed by atoms with Gasteiger partial charge in [-0.1, -0.05) is 0 Å². The summed E-state index contributed by atoms with van der Waals surface area (Å²) < 4.78 is 2.49. The zero-order valence-corrected chi connectivity index (χ0v) is 13.8. The molecule has 0 spiro atoms. The SMILES string of the molecule is CCn1c(C)c(CCCNC)c2cc3c(cc21)CN(C)C3. The summed E-state index contributed by atoms with van der Waals surface area (Å²) in [6, 6.07) is 4.90. The van der Waals surface area contributed by atoms with Crippen LogP contribution in [0.25, 0.3) is 10.9 Å². The predicted octanol–water partition coefficient (Wildman–Crippen LogP) is 3.07. The average Bonchev–Trinajstić information content (AvgIpc) is 2.93. The molecule has 1 aromatic heterocycles. The molecule has 2 heterocycles. The third-order valence-electron chi connectivity index (χ3n) is 4.83. The standard InChI is InChI=1S/C18H27N3/c1-5-21-13(2)16(7-6-8-19-3)17-9-14-11-20(4)12-15(14)10-18(17)21/h9-10,19H,5-8,11-12H2,1-4H3. The van der Waals surface area contributed by atoms with Crippen LogP contribution in [-0.2, 0) is 26.1 Å². The Kier molecular flexibility index (Phi) is 4.05. The van der Waals surface area contributed by atoms with Crippen molar-refractivity contribution in [2.24, 2.45) is 0 Å². The van der Waals surface area contributed by atoms with Gasteiger partial charge in [-0.25, -0.2) is 0 Å². The Morgan fingerprint density at radius 2 is 1.90 bits per heavy atom. The fourth-order valence-electron chi connectivity index (χ4n) is 3.78. The van der Waals surface area contributed by atoms with Crippen molar-refractivity contribution in [3.8, 4) is 0 Å². The molecule has 114 valence electrons. The van der Waals surface area contributed by atoms with Crippen molar-refractivity contribution < 1.29 is 0 Å². The number of hydrogen-bond acceptors (Lipinski definition) is 2. The molecule has 1 aliphatic rings. The first kappa shape index (κ1) is 14.6. The lowest BCUT2D eigenvalue weighted by Gasteiger charge is -2.06. The fourth-order valence-corrected chi connectivity index (χ4v) is 3.78. The average molecular weight is 285 g/mol. The van der Waals surface area contributed by atoms with Gasteiger partial charge < -0.3 is 9.88 Å². The third-order valence-corrected chi connectivity index (χ3v) is 4.83. The largest absolute Gasteiger partial charge is 0.345 e. The minimum absolute atomic E-state index is 1.06. The molecule has 3 rings (SSSR count). The second kappa shape index (κ2) is 5.82. The van der Waals surface area contributed by atoms with Crippen LogP contribution in [0, 0.1) is 6.92 Å². The molecule has 0 saturated carbocycles. The topological polar surface area (TPSA) is 20.2 Å². The van der Waals surface area contributed by atoms with E-state index in [1.165, 1.54) is 40.6 Å². The molecule has 3 nitrogen and oxygen atoms in total. The van der Waals surface area contributed by atoms with Gasteiger partial charge in [0.2, 0.25) is 0 Å². The van der Waals surface area contributed by atoms with E-state index < -0.39 is 0 Å². The van der Waals surface area contributed by atoms with Gasteiger partial charge in [0.05, 0.1) is 0 Å². The molecule has 2 aromatic rings. The molecule has 0 amide bonds. The second-order valence-corrected chi connectivity index (χ2v) is 6.33. The first-order chi connectivity index (χ1) is 10.2. The number of nitrogens with zero attached hydrogens (tertiary/aromatic N) is 2. The molecule has 0 saturated heterocycles. The minimum Gasteiger partial charge on any atom is -0.345 e. The smallest absolute Gasteiger partial charge is 0.0488 e. The highest BCUT2D eigenvalue weighted by molar-refractivity contribution is 5.87. The van der Waals surface area contributed by atoms with Gasteiger partial charge >= 0.3 is 0 Å². The summed E-state index contributed by atoms with van der Waals surface area (Å²) >= 11 is 0. The number of aryl methyl sites for hydroxylation is 2. The van der Waals surface area contributed by atoms with Gasteiger partial charge in [0, 0.05) is 36.2 Å². The summed E-state index contributed by atoms with van der Waals surface area (Å²) in [4.78, 5) is 2.40. The maximum absolute atomic E-state index is 3.26. The van der Waals surface area contributed by atoms with Crippen molar-refractivity contribution in [2.75, 3.05) is 20.6 Å². The van der Waals surface area contributed by atoms with Crippen LogP contribution in [0.4, 0.5) is 0 Å². The number of fused-ring (bicyclic) bond motifs is 2. The number of hydrogen-bond donors (Lipinski definition) is 1. The molecule has 1 N–H and O–H groups in total. The molecular formula is C18H27N3. The number of rotatable bonds is 5. The van der Waals surface area contributed by atoms with E-state index in [4.69, 9.17) is 0 Å². The normalized spacial score (nSPS) is 15.0. The summed E-state index contributed by atoms with van der Waals surface area (Å²) in [7, 11) is 4.24. The van der Waals surface area contributed by atoms with Gasteiger partial charge in [0.25, 0.3) is 0 Å². The van der Waals surface area contributed by atoms with E-state index in [2.05, 4.69) is 47.8 Å². The van der Waals surface area contributed by atoms with Gasteiger partial charge in [-0.05, 0) is 76.2 Å². The molecule has 1 aromatic carbocycles. The quantitative estimate of drug-likeness (QED) is 0.852. The van der Waals surface area contributed by atoms with Crippen molar-refractivity contribution in [1.82, 2.24) is 14.8 Å². The number of benzene rings is 1. The van der Waals surface area contributed by atoms with Gasteiger partial charge in [0.1, 0.15) is 0 Å². The van der Waals surface area contributed by atoms with Crippen LogP contribution in [0.5, 0.6) is 0 Å². The first-order valence-electron chi connectivity index (χ1n) is 8.12. The summed E-state index contributed by atoms with van der Waals surface area (Å²) in [5.41, 5.74) is 7.48. The molecular weight excluding hydrogens is 258 g/mol. The van der Waals surface area contributed by atoms with Gasteiger partial charge in [-0.2, -0.15) is 0 Å². The predicted molar refractivity (Wildman–Crippen MR) is 89.8 cm³/mol. The zero-order chi connectivity index (χ0) is 15.0. The molecule has 21 heavy (non-hydrogen) atoms. The Hall–Kier alpha value is -1.32. The van der Waals surface area contributed by atoms with Crippen LogP contribution >= 0.6 is 0 Å². The lowest BCUT2D eigenvalue weighted by molar-refractivity contribution is 0.353. The monoisotopic (exact) mass is 285 g/mol. The van der Waals surface area contributed by atoms with E-state index >= 15 is 0 Å². The van der Waals surface area contributed by atoms with Crippen molar-refractivity contribution in [2.45, 2.75) is 46.3 Å². The summed E-state index contributed by atoms with van der Waals surface area (Å²) in [6.45, 7) is 8.87. The van der Waals surface area contributed by atoms with E-state index in [-0.39, 0.29) is 0 Å². The van der Waals surface area contributed by atoms with Crippen LogP contribution in [0.15, 0.2) is 12.1 Å². The highest BCUT2D eigenvalue weighted by atomic mass is 15.1. The summed E-state index contributed by atoms with van der Waals surface area (Å²) in [6.07, 6.45) is 2.38. The Bertz CT molecular complexity index is 654. The maximum atomic E-state index is 3.26. The van der Waals surface area contributed by atoms with Crippen LogP contribution in [0.1, 0.15) is 35.7 Å². The van der Waals surface area contributed by atoms with Gasteiger partial charge in [0.15, 0.2) is 0 Å². The Morgan fingerprint density at radius 3 is 2.57 bits per heavy atom. The van der Waals surface area contributed by atoms with Crippen molar-refractivity contribution in [3.63, 3.8) is 0 Å². The zero-order valence-electron chi connectivity index (χ0n) is 13.8. The molecule has 0 atom stereocenters. The van der Waals surface area contributed by atoms with Crippen LogP contribution < -0.4 is 5.32 Å². The lowest BCUT2D eigenvalue weighted by Crippen LogP contribution is -2.08. The van der Waals surface area contributed by atoms with Crippen molar-refractivity contribution >= 4 is 10.9 Å². The minimum atomic E-state index is 1.06. The summed E-state index contributed by atoms with van der Waals surface area (Å²) in [5.74, 6) is 0. The van der Waals surface area contributed by atoms with Crippen molar-refractivity contribution in [1.29, 1.82) is 0 Å². The third kappa shape index (κ3) is 2.49.